The van der Waals surface area contributed by atoms with E-state index in [1.807, 2.05) is 22.6 Å². The molecule has 2 aromatic rings. The fourth-order valence-electron chi connectivity index (χ4n) is 2.12. The summed E-state index contributed by atoms with van der Waals surface area (Å²) >= 11 is 1.96. The van der Waals surface area contributed by atoms with Gasteiger partial charge < -0.3 is 5.73 Å². The molecular formula is C15H12F4IN. The highest BCUT2D eigenvalue weighted by Gasteiger charge is 2.31. The van der Waals surface area contributed by atoms with Crippen LogP contribution in [-0.4, -0.2) is 0 Å². The SMILES string of the molecule is Cc1cc(C(F)(F)F)ccc1C(N)c1ccc(F)cc1I. The normalized spacial score (nSPS) is 13.3. The number of aryl methyl sites for hydroxylation is 1. The summed E-state index contributed by atoms with van der Waals surface area (Å²) in [5, 5.41) is 0. The number of halogens is 5. The maximum Gasteiger partial charge on any atom is 0.416 e. The summed E-state index contributed by atoms with van der Waals surface area (Å²) in [4.78, 5) is 0. The second-order valence-electron chi connectivity index (χ2n) is 4.71. The molecule has 1 atom stereocenters. The summed E-state index contributed by atoms with van der Waals surface area (Å²) < 4.78 is 51.7. The predicted octanol–water partition coefficient (Wildman–Crippen LogP) is 4.81. The predicted molar refractivity (Wildman–Crippen MR) is 81.3 cm³/mol. The van der Waals surface area contributed by atoms with E-state index in [2.05, 4.69) is 0 Å². The molecule has 0 bridgehead atoms. The van der Waals surface area contributed by atoms with E-state index in [0.29, 0.717) is 20.3 Å². The lowest BCUT2D eigenvalue weighted by Crippen LogP contribution is -2.16. The first kappa shape index (κ1) is 16.2. The van der Waals surface area contributed by atoms with Crippen LogP contribution in [0.5, 0.6) is 0 Å². The molecule has 0 radical (unpaired) electrons. The van der Waals surface area contributed by atoms with E-state index in [1.54, 1.807) is 13.0 Å². The first-order valence-corrected chi connectivity index (χ1v) is 7.16. The molecule has 0 saturated heterocycles. The van der Waals surface area contributed by atoms with Crippen molar-refractivity contribution in [3.8, 4) is 0 Å². The Hall–Kier alpha value is -1.15. The van der Waals surface area contributed by atoms with Gasteiger partial charge in [-0.1, -0.05) is 12.1 Å². The average molecular weight is 409 g/mol. The Balaban J connectivity index is 2.42. The standard InChI is InChI=1S/C15H12F4IN/c1-8-6-9(15(17,18)19)2-4-11(8)14(21)12-5-3-10(16)7-13(12)20/h2-7,14H,21H2,1H3. The van der Waals surface area contributed by atoms with E-state index >= 15 is 0 Å². The summed E-state index contributed by atoms with van der Waals surface area (Å²) in [6.07, 6.45) is -4.38. The first-order chi connectivity index (χ1) is 9.70. The number of benzene rings is 2. The zero-order valence-corrected chi connectivity index (χ0v) is 13.2. The van der Waals surface area contributed by atoms with Crippen molar-refractivity contribution in [2.24, 2.45) is 5.73 Å². The van der Waals surface area contributed by atoms with E-state index in [9.17, 15) is 17.6 Å². The Morgan fingerprint density at radius 3 is 2.19 bits per heavy atom. The van der Waals surface area contributed by atoms with E-state index in [1.165, 1.54) is 18.2 Å². The smallest absolute Gasteiger partial charge is 0.320 e. The molecule has 1 unspecified atom stereocenters. The van der Waals surface area contributed by atoms with Gasteiger partial charge in [-0.2, -0.15) is 13.2 Å². The van der Waals surface area contributed by atoms with Crippen LogP contribution in [0.25, 0.3) is 0 Å². The minimum absolute atomic E-state index is 0.375. The molecular weight excluding hydrogens is 397 g/mol. The Morgan fingerprint density at radius 2 is 1.67 bits per heavy atom. The molecule has 2 N–H and O–H groups in total. The Bertz CT molecular complexity index is 667. The Morgan fingerprint density at radius 1 is 1.05 bits per heavy atom. The van der Waals surface area contributed by atoms with Crippen LogP contribution in [0.4, 0.5) is 17.6 Å². The lowest BCUT2D eigenvalue weighted by Gasteiger charge is -2.18. The van der Waals surface area contributed by atoms with Crippen molar-refractivity contribution in [2.45, 2.75) is 19.1 Å². The zero-order chi connectivity index (χ0) is 15.8. The number of hydrogen-bond donors (Lipinski definition) is 1. The maximum absolute atomic E-state index is 13.1. The highest BCUT2D eigenvalue weighted by atomic mass is 127. The van der Waals surface area contributed by atoms with Crippen molar-refractivity contribution in [1.29, 1.82) is 0 Å². The highest BCUT2D eigenvalue weighted by molar-refractivity contribution is 14.1. The molecule has 112 valence electrons. The van der Waals surface area contributed by atoms with Crippen molar-refractivity contribution in [3.05, 3.63) is 68.0 Å². The van der Waals surface area contributed by atoms with Gasteiger partial charge in [-0.05, 0) is 70.5 Å². The van der Waals surface area contributed by atoms with Crippen LogP contribution in [-0.2, 0) is 6.18 Å². The van der Waals surface area contributed by atoms with Crippen molar-refractivity contribution in [1.82, 2.24) is 0 Å². The molecule has 0 saturated carbocycles. The number of rotatable bonds is 2. The topological polar surface area (TPSA) is 26.0 Å². The summed E-state index contributed by atoms with van der Waals surface area (Å²) in [6.45, 7) is 1.58. The third kappa shape index (κ3) is 3.55. The van der Waals surface area contributed by atoms with Gasteiger partial charge in [0.1, 0.15) is 5.82 Å². The van der Waals surface area contributed by atoms with E-state index in [0.717, 1.165) is 12.1 Å². The van der Waals surface area contributed by atoms with Crippen LogP contribution in [0.15, 0.2) is 36.4 Å². The second-order valence-corrected chi connectivity index (χ2v) is 5.87. The number of hydrogen-bond acceptors (Lipinski definition) is 1. The van der Waals surface area contributed by atoms with E-state index in [-0.39, 0.29) is 5.82 Å². The minimum Gasteiger partial charge on any atom is -0.320 e. The maximum atomic E-state index is 13.1. The molecule has 0 heterocycles. The largest absolute Gasteiger partial charge is 0.416 e. The van der Waals surface area contributed by atoms with Gasteiger partial charge >= 0.3 is 6.18 Å². The first-order valence-electron chi connectivity index (χ1n) is 6.08. The molecule has 0 spiro atoms. The van der Waals surface area contributed by atoms with Crippen LogP contribution in [0.3, 0.4) is 0 Å². The fraction of sp³-hybridized carbons (Fsp3) is 0.200. The molecule has 6 heteroatoms. The van der Waals surface area contributed by atoms with Crippen LogP contribution in [0.1, 0.15) is 28.3 Å². The minimum atomic E-state index is -4.38. The zero-order valence-electron chi connectivity index (χ0n) is 11.0. The third-order valence-corrected chi connectivity index (χ3v) is 4.16. The summed E-state index contributed by atoms with van der Waals surface area (Å²) in [6, 6.07) is 7.05. The third-order valence-electron chi connectivity index (χ3n) is 3.23. The molecule has 0 aliphatic carbocycles. The van der Waals surface area contributed by atoms with Gasteiger partial charge in [-0.25, -0.2) is 4.39 Å². The summed E-state index contributed by atoms with van der Waals surface area (Å²) in [5.41, 5.74) is 7.14. The number of alkyl halides is 3. The van der Waals surface area contributed by atoms with Gasteiger partial charge in [-0.3, -0.25) is 0 Å². The molecule has 0 aliphatic heterocycles. The van der Waals surface area contributed by atoms with Gasteiger partial charge in [0.15, 0.2) is 0 Å². The summed E-state index contributed by atoms with van der Waals surface area (Å²) in [5.74, 6) is -0.375. The number of nitrogens with two attached hydrogens (primary N) is 1. The van der Waals surface area contributed by atoms with Crippen LogP contribution in [0.2, 0.25) is 0 Å². The van der Waals surface area contributed by atoms with E-state index in [4.69, 9.17) is 5.73 Å². The van der Waals surface area contributed by atoms with Crippen molar-refractivity contribution in [2.75, 3.05) is 0 Å². The quantitative estimate of drug-likeness (QED) is 0.560. The molecule has 21 heavy (non-hydrogen) atoms. The van der Waals surface area contributed by atoms with Gasteiger partial charge in [0.25, 0.3) is 0 Å². The summed E-state index contributed by atoms with van der Waals surface area (Å²) in [7, 11) is 0. The average Bonchev–Trinajstić information content (AvgIpc) is 2.36. The lowest BCUT2D eigenvalue weighted by molar-refractivity contribution is -0.137. The highest BCUT2D eigenvalue weighted by Crippen LogP contribution is 2.33. The van der Waals surface area contributed by atoms with Gasteiger partial charge in [0.05, 0.1) is 11.6 Å². The molecule has 0 fully saturated rings. The fourth-order valence-corrected chi connectivity index (χ4v) is 2.94. The molecule has 0 amide bonds. The van der Waals surface area contributed by atoms with Gasteiger partial charge in [0.2, 0.25) is 0 Å². The molecule has 2 aromatic carbocycles. The van der Waals surface area contributed by atoms with Crippen LogP contribution >= 0.6 is 22.6 Å². The van der Waals surface area contributed by atoms with Crippen molar-refractivity contribution < 1.29 is 17.6 Å². The van der Waals surface area contributed by atoms with Crippen molar-refractivity contribution >= 4 is 22.6 Å². The molecule has 0 aliphatic rings. The molecule has 2 rings (SSSR count). The lowest BCUT2D eigenvalue weighted by atomic mass is 9.94. The molecule has 1 nitrogen and oxygen atoms in total. The van der Waals surface area contributed by atoms with Gasteiger partial charge in [-0.15, -0.1) is 0 Å². The molecule has 0 aromatic heterocycles. The monoisotopic (exact) mass is 409 g/mol. The van der Waals surface area contributed by atoms with Gasteiger partial charge in [0, 0.05) is 3.57 Å². The van der Waals surface area contributed by atoms with E-state index < -0.39 is 17.8 Å². The van der Waals surface area contributed by atoms with Crippen molar-refractivity contribution in [3.63, 3.8) is 0 Å². The second kappa shape index (κ2) is 5.92. The van der Waals surface area contributed by atoms with Crippen LogP contribution in [0, 0.1) is 16.3 Å². The van der Waals surface area contributed by atoms with Crippen LogP contribution < -0.4 is 5.73 Å². The Labute approximate surface area is 133 Å². The Kier molecular flexibility index (Phi) is 4.57.